The number of nitrogens with zero attached hydrogens (tertiary/aromatic N) is 1. The molecule has 3 rings (SSSR count). The van der Waals surface area contributed by atoms with E-state index >= 15 is 0 Å². The SMILES string of the molecule is Cc1cccc(CCN2CC(C(=O)NCCCc3ccc(Cl)c(Cl)c3)C(=O)C2=O)c1. The third-order valence-electron chi connectivity index (χ3n) is 5.21. The number of nitrogens with one attached hydrogen (secondary N) is 1. The quantitative estimate of drug-likeness (QED) is 0.382. The molecule has 1 aliphatic rings. The van der Waals surface area contributed by atoms with Crippen LogP contribution in [-0.4, -0.2) is 42.1 Å². The molecule has 2 aromatic rings. The lowest BCUT2D eigenvalue weighted by atomic mass is 10.1. The number of carbonyl (C=O) groups excluding carboxylic acids is 3. The Morgan fingerprint density at radius 3 is 2.57 bits per heavy atom. The molecule has 158 valence electrons. The molecule has 0 aromatic heterocycles. The van der Waals surface area contributed by atoms with Crippen LogP contribution < -0.4 is 5.32 Å². The van der Waals surface area contributed by atoms with Crippen molar-refractivity contribution < 1.29 is 14.4 Å². The minimum atomic E-state index is -0.931. The molecule has 0 aliphatic carbocycles. The van der Waals surface area contributed by atoms with Gasteiger partial charge in [0.15, 0.2) is 0 Å². The smallest absolute Gasteiger partial charge is 0.290 e. The van der Waals surface area contributed by atoms with Gasteiger partial charge in [0.1, 0.15) is 5.92 Å². The van der Waals surface area contributed by atoms with Gasteiger partial charge in [-0.05, 0) is 49.4 Å². The van der Waals surface area contributed by atoms with Gasteiger partial charge in [-0.3, -0.25) is 14.4 Å². The molecule has 1 saturated heterocycles. The maximum Gasteiger partial charge on any atom is 0.290 e. The average Bonchev–Trinajstić information content (AvgIpc) is 3.00. The van der Waals surface area contributed by atoms with E-state index in [9.17, 15) is 14.4 Å². The van der Waals surface area contributed by atoms with Crippen molar-refractivity contribution in [2.75, 3.05) is 19.6 Å². The zero-order chi connectivity index (χ0) is 21.7. The molecular weight excluding hydrogens is 423 g/mol. The van der Waals surface area contributed by atoms with Crippen LogP contribution in [-0.2, 0) is 27.2 Å². The van der Waals surface area contributed by atoms with Crippen LogP contribution in [0, 0.1) is 12.8 Å². The van der Waals surface area contributed by atoms with E-state index in [2.05, 4.69) is 11.4 Å². The molecule has 1 atom stereocenters. The van der Waals surface area contributed by atoms with Crippen LogP contribution >= 0.6 is 23.2 Å². The summed E-state index contributed by atoms with van der Waals surface area (Å²) in [7, 11) is 0. The molecule has 1 unspecified atom stereocenters. The first-order valence-corrected chi connectivity index (χ1v) is 10.7. The monoisotopic (exact) mass is 446 g/mol. The number of hydrogen-bond acceptors (Lipinski definition) is 3. The van der Waals surface area contributed by atoms with Gasteiger partial charge in [-0.1, -0.05) is 59.1 Å². The Bertz CT molecular complexity index is 961. The number of rotatable bonds is 8. The van der Waals surface area contributed by atoms with E-state index in [1.807, 2.05) is 31.2 Å². The summed E-state index contributed by atoms with van der Waals surface area (Å²) in [6.45, 7) is 2.99. The van der Waals surface area contributed by atoms with E-state index in [1.165, 1.54) is 4.90 Å². The molecule has 1 N–H and O–H groups in total. The molecule has 0 saturated carbocycles. The van der Waals surface area contributed by atoms with Gasteiger partial charge in [0, 0.05) is 19.6 Å². The summed E-state index contributed by atoms with van der Waals surface area (Å²) in [6.07, 6.45) is 2.06. The standard InChI is InChI=1S/C23H24Cl2N2O3/c1-15-4-2-5-17(12-15)9-11-27-14-18(21(28)23(27)30)22(29)26-10-3-6-16-7-8-19(24)20(25)13-16/h2,4-5,7-8,12-13,18H,3,6,9-11,14H2,1H3,(H,26,29). The van der Waals surface area contributed by atoms with E-state index < -0.39 is 17.6 Å². The predicted molar refractivity (Wildman–Crippen MR) is 118 cm³/mol. The van der Waals surface area contributed by atoms with Crippen molar-refractivity contribution in [2.45, 2.75) is 26.2 Å². The number of hydrogen-bond donors (Lipinski definition) is 1. The van der Waals surface area contributed by atoms with Crippen molar-refractivity contribution in [3.63, 3.8) is 0 Å². The number of benzene rings is 2. The minimum Gasteiger partial charge on any atom is -0.355 e. The number of aryl methyl sites for hydroxylation is 2. The van der Waals surface area contributed by atoms with Crippen molar-refractivity contribution in [2.24, 2.45) is 5.92 Å². The summed E-state index contributed by atoms with van der Waals surface area (Å²) >= 11 is 11.9. The molecule has 2 amide bonds. The van der Waals surface area contributed by atoms with Crippen molar-refractivity contribution in [1.29, 1.82) is 0 Å². The Morgan fingerprint density at radius 1 is 1.07 bits per heavy atom. The highest BCUT2D eigenvalue weighted by atomic mass is 35.5. The van der Waals surface area contributed by atoms with Gasteiger partial charge in [0.25, 0.3) is 5.91 Å². The molecule has 2 aromatic carbocycles. The van der Waals surface area contributed by atoms with Gasteiger partial charge in [0.2, 0.25) is 11.7 Å². The molecule has 1 fully saturated rings. The van der Waals surface area contributed by atoms with Gasteiger partial charge < -0.3 is 10.2 Å². The largest absolute Gasteiger partial charge is 0.355 e. The second-order valence-electron chi connectivity index (χ2n) is 7.55. The number of amides is 2. The first kappa shape index (κ1) is 22.3. The lowest BCUT2D eigenvalue weighted by Gasteiger charge is -2.15. The van der Waals surface area contributed by atoms with Crippen LogP contribution in [0.15, 0.2) is 42.5 Å². The molecule has 5 nitrogen and oxygen atoms in total. The Kier molecular flexibility index (Phi) is 7.51. The predicted octanol–water partition coefficient (Wildman–Crippen LogP) is 3.62. The van der Waals surface area contributed by atoms with Crippen LogP contribution in [0.4, 0.5) is 0 Å². The fourth-order valence-electron chi connectivity index (χ4n) is 3.54. The molecule has 30 heavy (non-hydrogen) atoms. The maximum absolute atomic E-state index is 12.4. The average molecular weight is 447 g/mol. The van der Waals surface area contributed by atoms with Gasteiger partial charge in [-0.2, -0.15) is 0 Å². The topological polar surface area (TPSA) is 66.5 Å². The lowest BCUT2D eigenvalue weighted by molar-refractivity contribution is -0.142. The molecule has 1 aliphatic heterocycles. The fraction of sp³-hybridized carbons (Fsp3) is 0.348. The fourth-order valence-corrected chi connectivity index (χ4v) is 3.86. The number of halogens is 2. The summed E-state index contributed by atoms with van der Waals surface area (Å²) in [5, 5.41) is 3.78. The van der Waals surface area contributed by atoms with E-state index in [0.717, 1.165) is 23.1 Å². The number of Topliss-reactive ketones (excluding diaryl/α,β-unsaturated/α-hetero) is 1. The van der Waals surface area contributed by atoms with Crippen LogP contribution in [0.2, 0.25) is 10.0 Å². The third-order valence-corrected chi connectivity index (χ3v) is 5.95. The summed E-state index contributed by atoms with van der Waals surface area (Å²) in [5.74, 6) is -2.51. The molecule has 0 radical (unpaired) electrons. The summed E-state index contributed by atoms with van der Waals surface area (Å²) in [4.78, 5) is 38.4. The summed E-state index contributed by atoms with van der Waals surface area (Å²) in [6, 6.07) is 13.5. The first-order chi connectivity index (χ1) is 14.3. The summed E-state index contributed by atoms with van der Waals surface area (Å²) < 4.78 is 0. The lowest BCUT2D eigenvalue weighted by Crippen LogP contribution is -2.36. The number of carbonyl (C=O) groups is 3. The number of ketones is 1. The third kappa shape index (κ3) is 5.61. The van der Waals surface area contributed by atoms with Gasteiger partial charge in [-0.25, -0.2) is 0 Å². The highest BCUT2D eigenvalue weighted by Crippen LogP contribution is 2.23. The Hall–Kier alpha value is -2.37. The van der Waals surface area contributed by atoms with E-state index in [1.54, 1.807) is 12.1 Å². The second-order valence-corrected chi connectivity index (χ2v) is 8.36. The highest BCUT2D eigenvalue weighted by Gasteiger charge is 2.42. The van der Waals surface area contributed by atoms with E-state index in [0.29, 0.717) is 36.0 Å². The molecule has 7 heteroatoms. The van der Waals surface area contributed by atoms with Crippen molar-refractivity contribution in [3.05, 3.63) is 69.2 Å². The van der Waals surface area contributed by atoms with Gasteiger partial charge in [-0.15, -0.1) is 0 Å². The summed E-state index contributed by atoms with van der Waals surface area (Å²) in [5.41, 5.74) is 3.27. The molecule has 0 spiro atoms. The molecule has 0 bridgehead atoms. The Balaban J connectivity index is 1.45. The van der Waals surface area contributed by atoms with Gasteiger partial charge >= 0.3 is 0 Å². The minimum absolute atomic E-state index is 0.141. The zero-order valence-corrected chi connectivity index (χ0v) is 18.3. The zero-order valence-electron chi connectivity index (χ0n) is 16.8. The molecular formula is C23H24Cl2N2O3. The van der Waals surface area contributed by atoms with E-state index in [-0.39, 0.29) is 12.5 Å². The van der Waals surface area contributed by atoms with Crippen LogP contribution in [0.5, 0.6) is 0 Å². The van der Waals surface area contributed by atoms with Crippen LogP contribution in [0.25, 0.3) is 0 Å². The van der Waals surface area contributed by atoms with Crippen LogP contribution in [0.3, 0.4) is 0 Å². The number of likely N-dealkylation sites (tertiary alicyclic amines) is 1. The van der Waals surface area contributed by atoms with Crippen molar-refractivity contribution >= 4 is 40.8 Å². The Labute approximate surface area is 186 Å². The van der Waals surface area contributed by atoms with Crippen molar-refractivity contribution in [3.8, 4) is 0 Å². The van der Waals surface area contributed by atoms with Crippen LogP contribution in [0.1, 0.15) is 23.1 Å². The van der Waals surface area contributed by atoms with Gasteiger partial charge in [0.05, 0.1) is 10.0 Å². The maximum atomic E-state index is 12.4. The first-order valence-electron chi connectivity index (χ1n) is 9.95. The Morgan fingerprint density at radius 2 is 1.83 bits per heavy atom. The second kappa shape index (κ2) is 10.1. The normalized spacial score (nSPS) is 16.2. The van der Waals surface area contributed by atoms with Crippen molar-refractivity contribution in [1.82, 2.24) is 10.2 Å². The highest BCUT2D eigenvalue weighted by molar-refractivity contribution is 6.42. The van der Waals surface area contributed by atoms with E-state index in [4.69, 9.17) is 23.2 Å². The molecule has 1 heterocycles.